The van der Waals surface area contributed by atoms with Crippen LogP contribution in [0.4, 0.5) is 11.5 Å². The predicted octanol–water partition coefficient (Wildman–Crippen LogP) is 2.62. The van der Waals surface area contributed by atoms with Crippen molar-refractivity contribution >= 4 is 28.7 Å². The molecule has 0 amide bonds. The van der Waals surface area contributed by atoms with Crippen LogP contribution in [0.25, 0.3) is 0 Å². The molecular weight excluding hydrogens is 286 g/mol. The number of rotatable bonds is 3. The molecule has 6 heteroatoms. The number of benzene rings is 1. The second-order valence-corrected chi connectivity index (χ2v) is 5.05. The lowest BCUT2D eigenvalue weighted by Gasteiger charge is -2.11. The standard InChI is InChI=1S/C15H15N3O2S/c16-15(21)11-3-1-4-14(18-11)17-10-5-6-12-13(9-10)20-8-2-7-19-12/h1,3-6,9H,2,7-8H2,(H2,16,21)(H,17,18). The third-order valence-corrected chi connectivity index (χ3v) is 3.23. The number of pyridine rings is 1. The van der Waals surface area contributed by atoms with Gasteiger partial charge in [-0.1, -0.05) is 18.3 Å². The van der Waals surface area contributed by atoms with E-state index in [0.717, 1.165) is 23.6 Å². The minimum atomic E-state index is 0.275. The summed E-state index contributed by atoms with van der Waals surface area (Å²) >= 11 is 4.93. The van der Waals surface area contributed by atoms with Gasteiger partial charge < -0.3 is 20.5 Å². The lowest BCUT2D eigenvalue weighted by molar-refractivity contribution is 0.297. The number of nitrogens with zero attached hydrogens (tertiary/aromatic N) is 1. The van der Waals surface area contributed by atoms with E-state index in [1.54, 1.807) is 6.07 Å². The Morgan fingerprint density at radius 1 is 1.14 bits per heavy atom. The Kier molecular flexibility index (Phi) is 3.87. The number of nitrogens with two attached hydrogens (primary N) is 1. The summed E-state index contributed by atoms with van der Waals surface area (Å²) in [5.41, 5.74) is 7.04. The van der Waals surface area contributed by atoms with E-state index in [-0.39, 0.29) is 4.99 Å². The van der Waals surface area contributed by atoms with Gasteiger partial charge in [-0.05, 0) is 24.3 Å². The van der Waals surface area contributed by atoms with Gasteiger partial charge in [-0.3, -0.25) is 0 Å². The summed E-state index contributed by atoms with van der Waals surface area (Å²) < 4.78 is 11.3. The molecule has 2 aromatic rings. The van der Waals surface area contributed by atoms with Crippen LogP contribution in [0.3, 0.4) is 0 Å². The smallest absolute Gasteiger partial charge is 0.163 e. The molecule has 0 bridgehead atoms. The number of hydrogen-bond acceptors (Lipinski definition) is 5. The van der Waals surface area contributed by atoms with Gasteiger partial charge in [-0.2, -0.15) is 0 Å². The number of anilines is 2. The number of aromatic nitrogens is 1. The second-order valence-electron chi connectivity index (χ2n) is 4.61. The first-order chi connectivity index (χ1) is 10.2. The fourth-order valence-electron chi connectivity index (χ4n) is 2.03. The lowest BCUT2D eigenvalue weighted by atomic mass is 10.2. The van der Waals surface area contributed by atoms with Crippen molar-refractivity contribution in [1.29, 1.82) is 0 Å². The maximum absolute atomic E-state index is 5.66. The highest BCUT2D eigenvalue weighted by Gasteiger charge is 2.11. The molecule has 2 heterocycles. The van der Waals surface area contributed by atoms with E-state index in [4.69, 9.17) is 27.4 Å². The minimum Gasteiger partial charge on any atom is -0.490 e. The van der Waals surface area contributed by atoms with E-state index < -0.39 is 0 Å². The van der Waals surface area contributed by atoms with Crippen molar-refractivity contribution in [1.82, 2.24) is 4.98 Å². The maximum Gasteiger partial charge on any atom is 0.163 e. The first-order valence-electron chi connectivity index (χ1n) is 6.66. The second kappa shape index (κ2) is 5.97. The Bertz CT molecular complexity index is 676. The average Bonchev–Trinajstić information content (AvgIpc) is 2.72. The third-order valence-electron chi connectivity index (χ3n) is 3.02. The average molecular weight is 301 g/mol. The number of fused-ring (bicyclic) bond motifs is 1. The normalized spacial score (nSPS) is 13.3. The van der Waals surface area contributed by atoms with Crippen LogP contribution in [0.1, 0.15) is 12.1 Å². The molecule has 0 unspecified atom stereocenters. The zero-order valence-electron chi connectivity index (χ0n) is 11.3. The Labute approximate surface area is 128 Å². The monoisotopic (exact) mass is 301 g/mol. The molecule has 5 nitrogen and oxygen atoms in total. The molecule has 1 aliphatic rings. The number of thiocarbonyl (C=S) groups is 1. The lowest BCUT2D eigenvalue weighted by Crippen LogP contribution is -2.12. The van der Waals surface area contributed by atoms with Crippen LogP contribution in [-0.2, 0) is 0 Å². The number of hydrogen-bond donors (Lipinski definition) is 2. The van der Waals surface area contributed by atoms with Crippen molar-refractivity contribution in [3.63, 3.8) is 0 Å². The number of nitrogens with one attached hydrogen (secondary N) is 1. The Morgan fingerprint density at radius 3 is 2.76 bits per heavy atom. The zero-order valence-corrected chi connectivity index (χ0v) is 12.2. The quantitative estimate of drug-likeness (QED) is 0.849. The van der Waals surface area contributed by atoms with Crippen LogP contribution < -0.4 is 20.5 Å². The predicted molar refractivity (Wildman–Crippen MR) is 85.5 cm³/mol. The molecule has 3 N–H and O–H groups in total. The first-order valence-corrected chi connectivity index (χ1v) is 7.07. The van der Waals surface area contributed by atoms with Crippen molar-refractivity contribution in [3.8, 4) is 11.5 Å². The Morgan fingerprint density at radius 2 is 1.95 bits per heavy atom. The van der Waals surface area contributed by atoms with Gasteiger partial charge in [0.2, 0.25) is 0 Å². The topological polar surface area (TPSA) is 69.4 Å². The molecule has 3 rings (SSSR count). The van der Waals surface area contributed by atoms with E-state index in [2.05, 4.69) is 10.3 Å². The molecule has 0 spiro atoms. The molecule has 0 saturated heterocycles. The van der Waals surface area contributed by atoms with Crippen LogP contribution in [0.2, 0.25) is 0 Å². The van der Waals surface area contributed by atoms with E-state index in [9.17, 15) is 0 Å². The van der Waals surface area contributed by atoms with Gasteiger partial charge >= 0.3 is 0 Å². The fourth-order valence-corrected chi connectivity index (χ4v) is 2.14. The van der Waals surface area contributed by atoms with Crippen LogP contribution in [0.15, 0.2) is 36.4 Å². The third kappa shape index (κ3) is 3.22. The first kappa shape index (κ1) is 13.6. The molecule has 1 aromatic heterocycles. The van der Waals surface area contributed by atoms with Gasteiger partial charge in [0.25, 0.3) is 0 Å². The summed E-state index contributed by atoms with van der Waals surface area (Å²) in [6, 6.07) is 11.2. The summed E-state index contributed by atoms with van der Waals surface area (Å²) in [7, 11) is 0. The SMILES string of the molecule is NC(=S)c1cccc(Nc2ccc3c(c2)OCCCO3)n1. The van der Waals surface area contributed by atoms with Gasteiger partial charge in [-0.25, -0.2) is 4.98 Å². The highest BCUT2D eigenvalue weighted by atomic mass is 32.1. The maximum atomic E-state index is 5.66. The molecule has 1 aliphatic heterocycles. The van der Waals surface area contributed by atoms with E-state index in [1.807, 2.05) is 30.3 Å². The molecule has 108 valence electrons. The summed E-state index contributed by atoms with van der Waals surface area (Å²) in [5.74, 6) is 2.18. The molecule has 0 radical (unpaired) electrons. The van der Waals surface area contributed by atoms with Gasteiger partial charge in [-0.15, -0.1) is 0 Å². The molecule has 0 fully saturated rings. The largest absolute Gasteiger partial charge is 0.490 e. The van der Waals surface area contributed by atoms with Crippen molar-refractivity contribution in [3.05, 3.63) is 42.1 Å². The highest BCUT2D eigenvalue weighted by molar-refractivity contribution is 7.80. The van der Waals surface area contributed by atoms with Crippen molar-refractivity contribution < 1.29 is 9.47 Å². The fraction of sp³-hybridized carbons (Fsp3) is 0.200. The molecule has 0 atom stereocenters. The zero-order chi connectivity index (χ0) is 14.7. The van der Waals surface area contributed by atoms with Crippen LogP contribution in [0, 0.1) is 0 Å². The van der Waals surface area contributed by atoms with Crippen LogP contribution in [-0.4, -0.2) is 23.2 Å². The van der Waals surface area contributed by atoms with Crippen molar-refractivity contribution in [2.24, 2.45) is 5.73 Å². The van der Waals surface area contributed by atoms with Gasteiger partial charge in [0.05, 0.1) is 18.9 Å². The Hall–Kier alpha value is -2.34. The van der Waals surface area contributed by atoms with E-state index in [0.29, 0.717) is 24.7 Å². The van der Waals surface area contributed by atoms with Crippen LogP contribution >= 0.6 is 12.2 Å². The summed E-state index contributed by atoms with van der Waals surface area (Å²) in [5, 5.41) is 3.21. The summed E-state index contributed by atoms with van der Waals surface area (Å²) in [4.78, 5) is 4.62. The van der Waals surface area contributed by atoms with Gasteiger partial charge in [0.1, 0.15) is 10.8 Å². The van der Waals surface area contributed by atoms with Gasteiger partial charge in [0.15, 0.2) is 11.5 Å². The van der Waals surface area contributed by atoms with Gasteiger partial charge in [0, 0.05) is 18.2 Å². The molecule has 0 saturated carbocycles. The minimum absolute atomic E-state index is 0.275. The molecule has 1 aromatic carbocycles. The number of ether oxygens (including phenoxy) is 2. The Balaban J connectivity index is 1.83. The molecule has 0 aliphatic carbocycles. The van der Waals surface area contributed by atoms with Crippen molar-refractivity contribution in [2.45, 2.75) is 6.42 Å². The molecular formula is C15H15N3O2S. The van der Waals surface area contributed by atoms with E-state index >= 15 is 0 Å². The highest BCUT2D eigenvalue weighted by Crippen LogP contribution is 2.33. The summed E-state index contributed by atoms with van der Waals surface area (Å²) in [6.45, 7) is 1.34. The molecule has 21 heavy (non-hydrogen) atoms. The van der Waals surface area contributed by atoms with E-state index in [1.165, 1.54) is 0 Å². The van der Waals surface area contributed by atoms with Crippen molar-refractivity contribution in [2.75, 3.05) is 18.5 Å². The summed E-state index contributed by atoms with van der Waals surface area (Å²) in [6.07, 6.45) is 0.884. The van der Waals surface area contributed by atoms with Crippen LogP contribution in [0.5, 0.6) is 11.5 Å².